The van der Waals surface area contributed by atoms with Crippen LogP contribution in [0.3, 0.4) is 0 Å². The lowest BCUT2D eigenvalue weighted by molar-refractivity contribution is -0.167. The molecule has 0 aliphatic carbocycles. The number of allylic oxidation sites excluding steroid dienone is 6. The van der Waals surface area contributed by atoms with Gasteiger partial charge in [-0.25, -0.2) is 0 Å². The third kappa shape index (κ3) is 70.3. The Kier molecular flexibility index (Phi) is 70.0. The number of carbonyl (C=O) groups is 3. The number of rotatable bonds is 70. The average Bonchev–Trinajstić information content (AvgIpc) is 3.50. The van der Waals surface area contributed by atoms with Gasteiger partial charge in [-0.2, -0.15) is 0 Å². The number of esters is 3. The molecule has 0 aromatic heterocycles. The van der Waals surface area contributed by atoms with E-state index in [1.807, 2.05) is 0 Å². The molecule has 0 N–H and O–H groups in total. The summed E-state index contributed by atoms with van der Waals surface area (Å²) in [5, 5.41) is 0. The van der Waals surface area contributed by atoms with Crippen LogP contribution in [0.15, 0.2) is 36.5 Å². The van der Waals surface area contributed by atoms with Gasteiger partial charge < -0.3 is 14.2 Å². The fourth-order valence-electron chi connectivity index (χ4n) is 11.5. The maximum atomic E-state index is 12.9. The van der Waals surface area contributed by atoms with Crippen LogP contribution in [0.2, 0.25) is 0 Å². The van der Waals surface area contributed by atoms with Gasteiger partial charge in [-0.15, -0.1) is 0 Å². The summed E-state index contributed by atoms with van der Waals surface area (Å²) in [4.78, 5) is 38.2. The smallest absolute Gasteiger partial charge is 0.306 e. The van der Waals surface area contributed by atoms with E-state index in [2.05, 4.69) is 57.2 Å². The predicted molar refractivity (Wildman–Crippen MR) is 362 cm³/mol. The van der Waals surface area contributed by atoms with Gasteiger partial charge in [0.1, 0.15) is 13.2 Å². The Morgan fingerprint density at radius 1 is 0.241 bits per heavy atom. The Hall–Kier alpha value is -2.37. The second-order valence-electron chi connectivity index (χ2n) is 25.6. The van der Waals surface area contributed by atoms with Crippen LogP contribution in [0.1, 0.15) is 419 Å². The van der Waals surface area contributed by atoms with Crippen molar-refractivity contribution in [1.82, 2.24) is 0 Å². The van der Waals surface area contributed by atoms with E-state index in [4.69, 9.17) is 14.2 Å². The van der Waals surface area contributed by atoms with Gasteiger partial charge in [-0.1, -0.05) is 359 Å². The molecule has 6 nitrogen and oxygen atoms in total. The Morgan fingerprint density at radius 3 is 0.675 bits per heavy atom. The van der Waals surface area contributed by atoms with Gasteiger partial charge in [0.05, 0.1) is 0 Å². The largest absolute Gasteiger partial charge is 0.462 e. The van der Waals surface area contributed by atoms with E-state index in [0.717, 1.165) is 64.2 Å². The van der Waals surface area contributed by atoms with Crippen LogP contribution in [0.5, 0.6) is 0 Å². The third-order valence-corrected chi connectivity index (χ3v) is 17.1. The molecule has 0 aromatic carbocycles. The molecule has 1 atom stereocenters. The summed E-state index contributed by atoms with van der Waals surface area (Å²) in [6.45, 7) is 6.66. The number of hydrogen-bond donors (Lipinski definition) is 0. The first-order chi connectivity index (χ1) is 41.0. The molecule has 488 valence electrons. The van der Waals surface area contributed by atoms with Gasteiger partial charge in [0.2, 0.25) is 0 Å². The van der Waals surface area contributed by atoms with Crippen LogP contribution in [-0.2, 0) is 28.6 Å². The van der Waals surface area contributed by atoms with E-state index in [9.17, 15) is 14.4 Å². The summed E-state index contributed by atoms with van der Waals surface area (Å²) in [6, 6.07) is 0. The first kappa shape index (κ1) is 80.6. The minimum absolute atomic E-state index is 0.0658. The zero-order valence-corrected chi connectivity index (χ0v) is 56.2. The second-order valence-corrected chi connectivity index (χ2v) is 25.6. The zero-order valence-electron chi connectivity index (χ0n) is 56.2. The van der Waals surface area contributed by atoms with E-state index >= 15 is 0 Å². The average molecular weight is 1170 g/mol. The maximum absolute atomic E-state index is 12.9. The van der Waals surface area contributed by atoms with E-state index < -0.39 is 6.10 Å². The molecule has 0 saturated heterocycles. The third-order valence-electron chi connectivity index (χ3n) is 17.1. The summed E-state index contributed by atoms with van der Waals surface area (Å²) in [7, 11) is 0. The Morgan fingerprint density at radius 2 is 0.434 bits per heavy atom. The molecular formula is C77H144O6. The Balaban J connectivity index is 3.98. The molecule has 0 saturated carbocycles. The van der Waals surface area contributed by atoms with Gasteiger partial charge in [0, 0.05) is 19.3 Å². The normalized spacial score (nSPS) is 12.2. The number of hydrogen-bond acceptors (Lipinski definition) is 6. The van der Waals surface area contributed by atoms with Gasteiger partial charge in [0.15, 0.2) is 6.10 Å². The fraction of sp³-hybridized carbons (Fsp3) is 0.883. The van der Waals surface area contributed by atoms with Gasteiger partial charge in [-0.05, 0) is 77.0 Å². The minimum Gasteiger partial charge on any atom is -0.462 e. The van der Waals surface area contributed by atoms with Crippen LogP contribution in [0, 0.1) is 0 Å². The van der Waals surface area contributed by atoms with Crippen molar-refractivity contribution < 1.29 is 28.6 Å². The summed E-state index contributed by atoms with van der Waals surface area (Å²) in [6.07, 6.45) is 90.9. The molecule has 0 heterocycles. The van der Waals surface area contributed by atoms with Gasteiger partial charge in [-0.3, -0.25) is 14.4 Å². The first-order valence-electron chi connectivity index (χ1n) is 37.5. The lowest BCUT2D eigenvalue weighted by Crippen LogP contribution is -2.30. The molecule has 0 aliphatic heterocycles. The van der Waals surface area contributed by atoms with E-state index in [1.54, 1.807) is 0 Å². The highest BCUT2D eigenvalue weighted by atomic mass is 16.6. The highest BCUT2D eigenvalue weighted by Crippen LogP contribution is 2.19. The molecule has 0 rings (SSSR count). The monoisotopic (exact) mass is 1170 g/mol. The Labute approximate surface area is 518 Å². The molecule has 0 spiro atoms. The Bertz CT molecular complexity index is 1380. The van der Waals surface area contributed by atoms with Crippen LogP contribution in [0.4, 0.5) is 0 Å². The number of carbonyl (C=O) groups excluding carboxylic acids is 3. The van der Waals surface area contributed by atoms with Crippen molar-refractivity contribution in [3.05, 3.63) is 36.5 Å². The molecule has 0 radical (unpaired) electrons. The standard InChI is InChI=1S/C77H144O6/c1-4-7-10-13-16-18-20-22-24-26-28-30-32-34-36-37-38-39-41-42-44-46-48-50-52-54-56-58-61-64-67-70-76(79)82-73-74(72-81-75(78)69-66-63-60-15-12-9-6-3)83-77(80)71-68-65-62-59-57-55-53-51-49-47-45-43-40-35-33-31-29-27-25-23-21-19-17-14-11-8-5-2/h20,22,26-29,74H,4-19,21,23-25,30-73H2,1-3H3/b22-20-,28-26-,29-27-. The van der Waals surface area contributed by atoms with Crippen LogP contribution in [-0.4, -0.2) is 37.2 Å². The van der Waals surface area contributed by atoms with E-state index in [0.29, 0.717) is 19.3 Å². The molecule has 1 unspecified atom stereocenters. The van der Waals surface area contributed by atoms with Crippen molar-refractivity contribution in [3.63, 3.8) is 0 Å². The first-order valence-corrected chi connectivity index (χ1v) is 37.5. The summed E-state index contributed by atoms with van der Waals surface area (Å²) in [5.41, 5.74) is 0. The highest BCUT2D eigenvalue weighted by Gasteiger charge is 2.20. The van der Waals surface area contributed by atoms with Crippen LogP contribution in [0.25, 0.3) is 0 Å². The van der Waals surface area contributed by atoms with Gasteiger partial charge in [0.25, 0.3) is 0 Å². The number of unbranched alkanes of at least 4 members (excludes halogenated alkanes) is 53. The molecule has 0 aliphatic rings. The summed E-state index contributed by atoms with van der Waals surface area (Å²) < 4.78 is 16.9. The van der Waals surface area contributed by atoms with Crippen molar-refractivity contribution in [1.29, 1.82) is 0 Å². The molecule has 0 aromatic rings. The second kappa shape index (κ2) is 72.1. The summed E-state index contributed by atoms with van der Waals surface area (Å²) in [5.74, 6) is -0.843. The molecule has 0 amide bonds. The lowest BCUT2D eigenvalue weighted by atomic mass is 10.0. The van der Waals surface area contributed by atoms with E-state index in [-0.39, 0.29) is 31.1 Å². The molecule has 83 heavy (non-hydrogen) atoms. The van der Waals surface area contributed by atoms with Gasteiger partial charge >= 0.3 is 17.9 Å². The molecule has 0 bridgehead atoms. The molecule has 6 heteroatoms. The van der Waals surface area contributed by atoms with Crippen molar-refractivity contribution in [3.8, 4) is 0 Å². The van der Waals surface area contributed by atoms with Crippen LogP contribution >= 0.6 is 0 Å². The zero-order chi connectivity index (χ0) is 59.9. The lowest BCUT2D eigenvalue weighted by Gasteiger charge is -2.18. The quantitative estimate of drug-likeness (QED) is 0.0261. The summed E-state index contributed by atoms with van der Waals surface area (Å²) >= 11 is 0. The minimum atomic E-state index is -0.767. The van der Waals surface area contributed by atoms with Crippen molar-refractivity contribution in [2.75, 3.05) is 13.2 Å². The SMILES string of the molecule is CCCCCCC/C=C\C/C=C\CCCCCCCCCCCCCCCCCCCCCC(=O)OCC(COC(=O)CCCCCCCCC)OC(=O)CCCCCCCCCCCCCCCCC/C=C\CCCCCCCCCC. The van der Waals surface area contributed by atoms with Crippen molar-refractivity contribution >= 4 is 17.9 Å². The molecular weight excluding hydrogens is 1020 g/mol. The highest BCUT2D eigenvalue weighted by molar-refractivity contribution is 5.71. The molecule has 0 fully saturated rings. The van der Waals surface area contributed by atoms with Crippen molar-refractivity contribution in [2.45, 2.75) is 425 Å². The van der Waals surface area contributed by atoms with Crippen LogP contribution < -0.4 is 0 Å². The fourth-order valence-corrected chi connectivity index (χ4v) is 11.5. The van der Waals surface area contributed by atoms with E-state index in [1.165, 1.54) is 315 Å². The topological polar surface area (TPSA) is 78.9 Å². The number of ether oxygens (including phenoxy) is 3. The maximum Gasteiger partial charge on any atom is 0.306 e. The van der Waals surface area contributed by atoms with Crippen molar-refractivity contribution in [2.24, 2.45) is 0 Å². The predicted octanol–water partition coefficient (Wildman–Crippen LogP) is 25.9.